The van der Waals surface area contributed by atoms with Gasteiger partial charge in [0.25, 0.3) is 0 Å². The minimum Gasteiger partial charge on any atom is -0.335 e. The molecule has 0 aliphatic carbocycles. The molecule has 0 saturated heterocycles. The van der Waals surface area contributed by atoms with Gasteiger partial charge in [0, 0.05) is 11.4 Å². The Kier molecular flexibility index (Phi) is 4.33. The number of rotatable bonds is 2. The van der Waals surface area contributed by atoms with Gasteiger partial charge in [-0.3, -0.25) is 4.99 Å². The average molecular weight is 331 g/mol. The molecule has 1 aliphatic heterocycles. The maximum Gasteiger partial charge on any atom is 0.161 e. The highest BCUT2D eigenvalue weighted by molar-refractivity contribution is 9.10. The third kappa shape index (κ3) is 3.06. The first-order valence-corrected chi connectivity index (χ1v) is 7.68. The van der Waals surface area contributed by atoms with Crippen LogP contribution < -0.4 is 5.32 Å². The Hall–Kier alpha value is -0.550. The fraction of sp³-hybridized carbons (Fsp3) is 0.462. The number of nitrogens with one attached hydrogen (secondary N) is 1. The van der Waals surface area contributed by atoms with Gasteiger partial charge in [0.05, 0.1) is 10.5 Å². The van der Waals surface area contributed by atoms with Gasteiger partial charge in [-0.15, -0.1) is 0 Å². The summed E-state index contributed by atoms with van der Waals surface area (Å²) in [5, 5.41) is 4.10. The Morgan fingerprint density at radius 1 is 1.50 bits per heavy atom. The number of thioether (sulfide) groups is 1. The van der Waals surface area contributed by atoms with E-state index < -0.39 is 0 Å². The second-order valence-corrected chi connectivity index (χ2v) is 6.63. The van der Waals surface area contributed by atoms with Crippen molar-refractivity contribution in [2.75, 3.05) is 11.1 Å². The molecule has 0 amide bonds. The van der Waals surface area contributed by atoms with E-state index in [0.717, 1.165) is 22.2 Å². The van der Waals surface area contributed by atoms with E-state index in [-0.39, 0.29) is 5.82 Å². The number of amidine groups is 1. The van der Waals surface area contributed by atoms with Crippen molar-refractivity contribution < 1.29 is 4.39 Å². The van der Waals surface area contributed by atoms with Crippen LogP contribution in [0.25, 0.3) is 0 Å². The quantitative estimate of drug-likeness (QED) is 0.867. The summed E-state index contributed by atoms with van der Waals surface area (Å²) >= 11 is 4.88. The normalized spacial score (nSPS) is 19.2. The average Bonchev–Trinajstić information content (AvgIpc) is 2.74. The standard InChI is InChI=1S/C13H16BrFN2S/c1-7(2)12-6-18-13(17-12)16-11-5-10(15)9(14)4-8(11)3/h4-5,7,12H,6H2,1-3H3,(H,16,17)/t12-/m1/s1. The predicted molar refractivity (Wildman–Crippen MR) is 81.0 cm³/mol. The Bertz CT molecular complexity index is 488. The van der Waals surface area contributed by atoms with Crippen LogP contribution in [0.3, 0.4) is 0 Å². The molecule has 1 aromatic carbocycles. The summed E-state index contributed by atoms with van der Waals surface area (Å²) in [4.78, 5) is 4.61. The third-order valence-corrected chi connectivity index (χ3v) is 4.55. The molecule has 2 nitrogen and oxygen atoms in total. The zero-order chi connectivity index (χ0) is 13.3. The molecule has 0 aromatic heterocycles. The first-order valence-electron chi connectivity index (χ1n) is 5.90. The lowest BCUT2D eigenvalue weighted by Gasteiger charge is -2.10. The highest BCUT2D eigenvalue weighted by Crippen LogP contribution is 2.28. The number of aryl methyl sites for hydroxylation is 1. The molecule has 2 rings (SSSR count). The largest absolute Gasteiger partial charge is 0.335 e. The summed E-state index contributed by atoms with van der Waals surface area (Å²) in [6.07, 6.45) is 0. The van der Waals surface area contributed by atoms with E-state index in [1.54, 1.807) is 17.8 Å². The van der Waals surface area contributed by atoms with Crippen LogP contribution >= 0.6 is 27.7 Å². The number of hydrogen-bond donors (Lipinski definition) is 1. The Balaban J connectivity index is 2.16. The summed E-state index contributed by atoms with van der Waals surface area (Å²) in [6.45, 7) is 6.29. The van der Waals surface area contributed by atoms with Crippen LogP contribution in [0.15, 0.2) is 21.6 Å². The second-order valence-electron chi connectivity index (χ2n) is 4.76. The number of benzene rings is 1. The summed E-state index contributed by atoms with van der Waals surface area (Å²) in [7, 11) is 0. The molecule has 0 saturated carbocycles. The molecule has 0 bridgehead atoms. The van der Waals surface area contributed by atoms with Crippen LogP contribution in [0, 0.1) is 18.7 Å². The summed E-state index contributed by atoms with van der Waals surface area (Å²) in [6, 6.07) is 3.64. The van der Waals surface area contributed by atoms with Crippen LogP contribution in [0.4, 0.5) is 10.1 Å². The smallest absolute Gasteiger partial charge is 0.161 e. The zero-order valence-corrected chi connectivity index (χ0v) is 13.0. The highest BCUT2D eigenvalue weighted by Gasteiger charge is 2.21. The topological polar surface area (TPSA) is 24.4 Å². The molecule has 18 heavy (non-hydrogen) atoms. The van der Waals surface area contributed by atoms with Gasteiger partial charge in [-0.2, -0.15) is 0 Å². The number of hydrogen-bond acceptors (Lipinski definition) is 3. The van der Waals surface area contributed by atoms with Crippen LogP contribution in [-0.4, -0.2) is 17.0 Å². The van der Waals surface area contributed by atoms with Gasteiger partial charge >= 0.3 is 0 Å². The van der Waals surface area contributed by atoms with Gasteiger partial charge < -0.3 is 5.32 Å². The van der Waals surface area contributed by atoms with Crippen molar-refractivity contribution in [3.05, 3.63) is 28.0 Å². The maximum absolute atomic E-state index is 13.5. The monoisotopic (exact) mass is 330 g/mol. The molecular weight excluding hydrogens is 315 g/mol. The minimum absolute atomic E-state index is 0.257. The number of halogens is 2. The first kappa shape index (κ1) is 13.9. The highest BCUT2D eigenvalue weighted by atomic mass is 79.9. The number of anilines is 1. The fourth-order valence-electron chi connectivity index (χ4n) is 1.70. The van der Waals surface area contributed by atoms with Crippen LogP contribution in [0.5, 0.6) is 0 Å². The van der Waals surface area contributed by atoms with Gasteiger partial charge in [0.15, 0.2) is 5.17 Å². The van der Waals surface area contributed by atoms with Gasteiger partial charge in [-0.1, -0.05) is 25.6 Å². The van der Waals surface area contributed by atoms with E-state index in [0.29, 0.717) is 16.4 Å². The summed E-state index contributed by atoms with van der Waals surface area (Å²) in [5.41, 5.74) is 1.78. The number of aliphatic imine (C=N–C) groups is 1. The van der Waals surface area contributed by atoms with E-state index in [2.05, 4.69) is 40.1 Å². The molecule has 1 heterocycles. The molecule has 98 valence electrons. The van der Waals surface area contributed by atoms with Gasteiger partial charge in [-0.25, -0.2) is 4.39 Å². The van der Waals surface area contributed by atoms with Crippen molar-refractivity contribution in [1.29, 1.82) is 0 Å². The first-order chi connectivity index (χ1) is 8.47. The van der Waals surface area contributed by atoms with E-state index >= 15 is 0 Å². The maximum atomic E-state index is 13.5. The molecule has 1 atom stereocenters. The van der Waals surface area contributed by atoms with E-state index in [1.807, 2.05) is 6.92 Å². The van der Waals surface area contributed by atoms with Crippen LogP contribution in [0.2, 0.25) is 0 Å². The van der Waals surface area contributed by atoms with Crippen molar-refractivity contribution in [3.63, 3.8) is 0 Å². The predicted octanol–water partition coefficient (Wildman–Crippen LogP) is 4.44. The lowest BCUT2D eigenvalue weighted by atomic mass is 10.1. The summed E-state index contributed by atoms with van der Waals surface area (Å²) < 4.78 is 14.0. The molecule has 1 aliphatic rings. The molecule has 0 fully saturated rings. The van der Waals surface area contributed by atoms with Gasteiger partial charge in [-0.05, 0) is 46.5 Å². The Labute approximate surface area is 120 Å². The summed E-state index contributed by atoms with van der Waals surface area (Å²) in [5.74, 6) is 1.28. The van der Waals surface area contributed by atoms with Crippen LogP contribution in [-0.2, 0) is 0 Å². The molecule has 0 radical (unpaired) electrons. The van der Waals surface area contributed by atoms with Crippen molar-refractivity contribution in [1.82, 2.24) is 0 Å². The van der Waals surface area contributed by atoms with E-state index in [4.69, 9.17) is 0 Å². The molecule has 0 unspecified atom stereocenters. The SMILES string of the molecule is Cc1cc(Br)c(F)cc1NC1=N[C@@H](C(C)C)CS1. The molecule has 1 N–H and O–H groups in total. The molecule has 1 aromatic rings. The number of nitrogens with zero attached hydrogens (tertiary/aromatic N) is 1. The van der Waals surface area contributed by atoms with Crippen LogP contribution in [0.1, 0.15) is 19.4 Å². The van der Waals surface area contributed by atoms with Crippen molar-refractivity contribution >= 4 is 38.5 Å². The van der Waals surface area contributed by atoms with Crippen molar-refractivity contribution in [2.45, 2.75) is 26.8 Å². The van der Waals surface area contributed by atoms with Gasteiger partial charge in [0.1, 0.15) is 5.82 Å². The minimum atomic E-state index is -0.257. The molecule has 5 heteroatoms. The lowest BCUT2D eigenvalue weighted by molar-refractivity contribution is 0.543. The van der Waals surface area contributed by atoms with E-state index in [9.17, 15) is 4.39 Å². The Morgan fingerprint density at radius 3 is 2.83 bits per heavy atom. The molecule has 0 spiro atoms. The van der Waals surface area contributed by atoms with Crippen molar-refractivity contribution in [2.24, 2.45) is 10.9 Å². The molecular formula is C13H16BrFN2S. The van der Waals surface area contributed by atoms with Gasteiger partial charge in [0.2, 0.25) is 0 Å². The lowest BCUT2D eigenvalue weighted by Crippen LogP contribution is -2.12. The van der Waals surface area contributed by atoms with E-state index in [1.165, 1.54) is 6.07 Å². The zero-order valence-electron chi connectivity index (χ0n) is 10.6. The fourth-order valence-corrected chi connectivity index (χ4v) is 3.33. The Morgan fingerprint density at radius 2 is 2.22 bits per heavy atom. The van der Waals surface area contributed by atoms with Crippen molar-refractivity contribution in [3.8, 4) is 0 Å². The second kappa shape index (κ2) is 5.61. The third-order valence-electron chi connectivity index (χ3n) is 2.95.